The van der Waals surface area contributed by atoms with Gasteiger partial charge in [0.05, 0.1) is 12.8 Å². The minimum atomic E-state index is -0.496. The zero-order chi connectivity index (χ0) is 20.7. The number of carbonyl (C=O) groups excluding carboxylic acids is 1. The van der Waals surface area contributed by atoms with Crippen LogP contribution in [0.4, 0.5) is 8.78 Å². The molecule has 0 aliphatic rings. The Morgan fingerprint density at radius 2 is 1.86 bits per heavy atom. The number of benzene rings is 2. The Balaban J connectivity index is 2.25. The molecule has 0 fully saturated rings. The lowest BCUT2D eigenvalue weighted by Gasteiger charge is -2.14. The van der Waals surface area contributed by atoms with Crippen LogP contribution in [0.2, 0.25) is 0 Å². The van der Waals surface area contributed by atoms with Crippen LogP contribution in [0, 0.1) is 18.6 Å². The Morgan fingerprint density at radius 3 is 2.59 bits per heavy atom. The number of aryl methyl sites for hydroxylation is 1. The smallest absolute Gasteiger partial charge is 0.229 e. The van der Waals surface area contributed by atoms with Gasteiger partial charge in [-0.25, -0.2) is 13.8 Å². The fourth-order valence-corrected chi connectivity index (χ4v) is 3.65. The van der Waals surface area contributed by atoms with E-state index in [0.717, 1.165) is 5.56 Å². The van der Waals surface area contributed by atoms with Gasteiger partial charge in [0.15, 0.2) is 0 Å². The molecule has 2 aromatic heterocycles. The summed E-state index contributed by atoms with van der Waals surface area (Å²) in [6.07, 6.45) is 1.56. The van der Waals surface area contributed by atoms with Crippen LogP contribution in [0.15, 0.2) is 54.7 Å². The van der Waals surface area contributed by atoms with E-state index in [4.69, 9.17) is 4.74 Å². The SMILES string of the molecule is COc1ccc(F)cc1-c1c(-c2cc(C)ccc2F)c2cccnc2n1C(C)=O. The number of carbonyl (C=O) groups is 1. The first kappa shape index (κ1) is 18.8. The van der Waals surface area contributed by atoms with Gasteiger partial charge in [-0.05, 0) is 49.4 Å². The molecule has 0 unspecified atom stereocenters. The molecule has 29 heavy (non-hydrogen) atoms. The molecule has 0 atom stereocenters. The topological polar surface area (TPSA) is 44.1 Å². The first-order valence-electron chi connectivity index (χ1n) is 9.03. The highest BCUT2D eigenvalue weighted by Gasteiger charge is 2.26. The number of pyridine rings is 1. The van der Waals surface area contributed by atoms with Crippen LogP contribution in [-0.4, -0.2) is 22.6 Å². The quantitative estimate of drug-likeness (QED) is 0.454. The number of hydrogen-bond donors (Lipinski definition) is 0. The molecule has 0 saturated carbocycles. The molecule has 4 rings (SSSR count). The summed E-state index contributed by atoms with van der Waals surface area (Å²) >= 11 is 0. The van der Waals surface area contributed by atoms with Crippen LogP contribution in [0.5, 0.6) is 5.75 Å². The van der Waals surface area contributed by atoms with Crippen molar-refractivity contribution in [2.24, 2.45) is 0 Å². The molecular formula is C23H18F2N2O2. The molecule has 0 saturated heterocycles. The number of aromatic nitrogens is 2. The van der Waals surface area contributed by atoms with Gasteiger partial charge in [-0.3, -0.25) is 9.36 Å². The molecule has 6 heteroatoms. The van der Waals surface area contributed by atoms with Crippen molar-refractivity contribution in [1.29, 1.82) is 0 Å². The van der Waals surface area contributed by atoms with E-state index in [-0.39, 0.29) is 5.91 Å². The van der Waals surface area contributed by atoms with Crippen molar-refractivity contribution >= 4 is 16.9 Å². The van der Waals surface area contributed by atoms with Gasteiger partial charge >= 0.3 is 0 Å². The second-order valence-corrected chi connectivity index (χ2v) is 6.78. The maximum absolute atomic E-state index is 14.9. The van der Waals surface area contributed by atoms with E-state index < -0.39 is 11.6 Å². The lowest BCUT2D eigenvalue weighted by Crippen LogP contribution is -2.09. The first-order chi connectivity index (χ1) is 13.9. The van der Waals surface area contributed by atoms with Crippen molar-refractivity contribution in [3.63, 3.8) is 0 Å². The Labute approximate surface area is 166 Å². The maximum Gasteiger partial charge on any atom is 0.229 e. The normalized spacial score (nSPS) is 11.1. The molecule has 0 N–H and O–H groups in total. The van der Waals surface area contributed by atoms with Crippen LogP contribution >= 0.6 is 0 Å². The Bertz CT molecular complexity index is 1260. The van der Waals surface area contributed by atoms with Crippen molar-refractivity contribution in [3.05, 3.63) is 71.9 Å². The minimum absolute atomic E-state index is 0.310. The average Bonchev–Trinajstić information content (AvgIpc) is 3.05. The highest BCUT2D eigenvalue weighted by Crippen LogP contribution is 2.44. The summed E-state index contributed by atoms with van der Waals surface area (Å²) in [4.78, 5) is 17.0. The molecule has 0 radical (unpaired) electrons. The van der Waals surface area contributed by atoms with Gasteiger partial charge in [-0.15, -0.1) is 0 Å². The summed E-state index contributed by atoms with van der Waals surface area (Å²) in [5.74, 6) is -0.899. The molecule has 0 spiro atoms. The van der Waals surface area contributed by atoms with Crippen LogP contribution in [-0.2, 0) is 0 Å². The minimum Gasteiger partial charge on any atom is -0.496 e. The van der Waals surface area contributed by atoms with Crippen molar-refractivity contribution < 1.29 is 18.3 Å². The molecule has 0 aliphatic heterocycles. The monoisotopic (exact) mass is 392 g/mol. The summed E-state index contributed by atoms with van der Waals surface area (Å²) in [6, 6.07) is 12.3. The van der Waals surface area contributed by atoms with Crippen LogP contribution < -0.4 is 4.74 Å². The summed E-state index contributed by atoms with van der Waals surface area (Å²) in [7, 11) is 1.46. The van der Waals surface area contributed by atoms with Gasteiger partial charge in [0, 0.05) is 35.2 Å². The van der Waals surface area contributed by atoms with Gasteiger partial charge in [0.25, 0.3) is 0 Å². The molecule has 4 nitrogen and oxygen atoms in total. The second-order valence-electron chi connectivity index (χ2n) is 6.78. The third kappa shape index (κ3) is 3.06. The Morgan fingerprint density at radius 1 is 1.07 bits per heavy atom. The van der Waals surface area contributed by atoms with E-state index in [9.17, 15) is 13.6 Å². The molecule has 146 valence electrons. The highest BCUT2D eigenvalue weighted by molar-refractivity contribution is 6.09. The molecule has 4 aromatic rings. The van der Waals surface area contributed by atoms with E-state index in [1.165, 1.54) is 42.9 Å². The molecule has 2 heterocycles. The summed E-state index contributed by atoms with van der Waals surface area (Å²) < 4.78 is 35.9. The predicted octanol–water partition coefficient (Wildman–Crippen LogP) is 5.63. The van der Waals surface area contributed by atoms with Gasteiger partial charge in [-0.1, -0.05) is 11.6 Å². The fraction of sp³-hybridized carbons (Fsp3) is 0.130. The standard InChI is InChI=1S/C23H18F2N2O2/c1-13-6-8-19(25)17(11-13)21-16-5-4-10-26-23(16)27(14(2)28)22(21)18-12-15(24)7-9-20(18)29-3/h4-12H,1-3H3. The molecule has 0 amide bonds. The van der Waals surface area contributed by atoms with Gasteiger partial charge < -0.3 is 4.74 Å². The second kappa shape index (κ2) is 7.13. The zero-order valence-corrected chi connectivity index (χ0v) is 16.2. The van der Waals surface area contributed by atoms with Gasteiger partial charge in [0.2, 0.25) is 5.91 Å². The lowest BCUT2D eigenvalue weighted by molar-refractivity contribution is 0.0943. The largest absolute Gasteiger partial charge is 0.496 e. The number of ether oxygens (including phenoxy) is 1. The van der Waals surface area contributed by atoms with E-state index >= 15 is 0 Å². The molecular weight excluding hydrogens is 374 g/mol. The van der Waals surface area contributed by atoms with Crippen molar-refractivity contribution in [3.8, 4) is 28.1 Å². The van der Waals surface area contributed by atoms with Crippen LogP contribution in [0.25, 0.3) is 33.4 Å². The van der Waals surface area contributed by atoms with E-state index in [2.05, 4.69) is 4.98 Å². The van der Waals surface area contributed by atoms with E-state index in [1.54, 1.807) is 30.5 Å². The fourth-order valence-electron chi connectivity index (χ4n) is 3.65. The van der Waals surface area contributed by atoms with E-state index in [0.29, 0.717) is 39.2 Å². The number of fused-ring (bicyclic) bond motifs is 1. The molecule has 2 aromatic carbocycles. The molecule has 0 bridgehead atoms. The Kier molecular flexibility index (Phi) is 4.62. The van der Waals surface area contributed by atoms with Gasteiger partial charge in [0.1, 0.15) is 23.0 Å². The zero-order valence-electron chi connectivity index (χ0n) is 16.2. The number of rotatable bonds is 3. The number of hydrogen-bond acceptors (Lipinski definition) is 3. The lowest BCUT2D eigenvalue weighted by atomic mass is 9.96. The van der Waals surface area contributed by atoms with E-state index in [1.807, 2.05) is 6.92 Å². The van der Waals surface area contributed by atoms with Crippen molar-refractivity contribution in [1.82, 2.24) is 9.55 Å². The summed E-state index contributed by atoms with van der Waals surface area (Å²) in [5, 5.41) is 0.591. The van der Waals surface area contributed by atoms with Crippen LogP contribution in [0.3, 0.4) is 0 Å². The van der Waals surface area contributed by atoms with Crippen LogP contribution in [0.1, 0.15) is 17.3 Å². The third-order valence-corrected chi connectivity index (χ3v) is 4.85. The highest BCUT2D eigenvalue weighted by atomic mass is 19.1. The number of nitrogens with zero attached hydrogens (tertiary/aromatic N) is 2. The number of methoxy groups -OCH3 is 1. The summed E-state index contributed by atoms with van der Waals surface area (Å²) in [5.41, 5.74) is 2.68. The van der Waals surface area contributed by atoms with Crippen molar-refractivity contribution in [2.45, 2.75) is 13.8 Å². The number of halogens is 2. The third-order valence-electron chi connectivity index (χ3n) is 4.85. The summed E-state index contributed by atoms with van der Waals surface area (Å²) in [6.45, 7) is 3.24. The van der Waals surface area contributed by atoms with Gasteiger partial charge in [-0.2, -0.15) is 0 Å². The maximum atomic E-state index is 14.9. The molecule has 0 aliphatic carbocycles. The first-order valence-corrected chi connectivity index (χ1v) is 9.03. The van der Waals surface area contributed by atoms with Crippen molar-refractivity contribution in [2.75, 3.05) is 7.11 Å². The Hall–Kier alpha value is -3.54. The predicted molar refractivity (Wildman–Crippen MR) is 108 cm³/mol. The average molecular weight is 392 g/mol.